The molecule has 1 aromatic carbocycles. The molecule has 2 N–H and O–H groups in total. The van der Waals surface area contributed by atoms with E-state index in [1.807, 2.05) is 0 Å². The van der Waals surface area contributed by atoms with E-state index in [1.165, 1.54) is 0 Å². The Hall–Kier alpha value is -2.24. The summed E-state index contributed by atoms with van der Waals surface area (Å²) < 4.78 is 14.8. The third-order valence-electron chi connectivity index (χ3n) is 2.19. The number of ether oxygens (including phenoxy) is 3. The molecule has 0 spiro atoms. The van der Waals surface area contributed by atoms with Crippen molar-refractivity contribution in [2.45, 2.75) is 13.8 Å². The quantitative estimate of drug-likeness (QED) is 0.619. The van der Waals surface area contributed by atoms with Gasteiger partial charge in [-0.05, 0) is 26.0 Å². The molecule has 0 radical (unpaired) electrons. The molecule has 0 aliphatic heterocycles. The number of carbonyl (C=O) groups is 2. The van der Waals surface area contributed by atoms with Crippen molar-refractivity contribution in [1.82, 2.24) is 0 Å². The van der Waals surface area contributed by atoms with Gasteiger partial charge in [-0.3, -0.25) is 0 Å². The minimum Gasteiger partial charge on any atom is -0.493 e. The van der Waals surface area contributed by atoms with Crippen molar-refractivity contribution in [2.75, 3.05) is 25.6 Å². The fraction of sp³-hybridized carbons (Fsp3) is 0.385. The van der Waals surface area contributed by atoms with Gasteiger partial charge in [0.15, 0.2) is 6.61 Å². The highest BCUT2D eigenvalue weighted by Gasteiger charge is 2.18. The van der Waals surface area contributed by atoms with Crippen LogP contribution >= 0.6 is 0 Å². The molecule has 0 aliphatic rings. The van der Waals surface area contributed by atoms with E-state index in [1.54, 1.807) is 32.0 Å². The Morgan fingerprint density at radius 1 is 1.16 bits per heavy atom. The maximum atomic E-state index is 11.9. The molecule has 1 aromatic rings. The van der Waals surface area contributed by atoms with Crippen molar-refractivity contribution >= 4 is 17.6 Å². The van der Waals surface area contributed by atoms with Crippen LogP contribution in [0.4, 0.5) is 5.69 Å². The van der Waals surface area contributed by atoms with Gasteiger partial charge in [-0.1, -0.05) is 6.07 Å². The number of rotatable bonds is 6. The Balaban J connectivity index is 2.78. The first-order chi connectivity index (χ1) is 9.10. The Bertz CT molecular complexity index is 458. The Kier molecular flexibility index (Phi) is 5.66. The summed E-state index contributed by atoms with van der Waals surface area (Å²) in [5.74, 6) is -0.991. The summed E-state index contributed by atoms with van der Waals surface area (Å²) in [5.41, 5.74) is 6.08. The van der Waals surface area contributed by atoms with Crippen molar-refractivity contribution in [2.24, 2.45) is 0 Å². The highest BCUT2D eigenvalue weighted by atomic mass is 16.6. The summed E-state index contributed by atoms with van der Waals surface area (Å²) in [6.45, 7) is 3.63. The highest BCUT2D eigenvalue weighted by molar-refractivity contribution is 5.98. The summed E-state index contributed by atoms with van der Waals surface area (Å²) in [7, 11) is 0. The molecule has 0 unspecified atom stereocenters. The first kappa shape index (κ1) is 14.8. The maximum absolute atomic E-state index is 11.9. The largest absolute Gasteiger partial charge is 0.493 e. The minimum absolute atomic E-state index is 0.119. The van der Waals surface area contributed by atoms with Crippen LogP contribution in [0.2, 0.25) is 0 Å². The second-order valence-electron chi connectivity index (χ2n) is 3.53. The van der Waals surface area contributed by atoms with Gasteiger partial charge in [0.2, 0.25) is 0 Å². The first-order valence-corrected chi connectivity index (χ1v) is 5.94. The van der Waals surface area contributed by atoms with Crippen molar-refractivity contribution < 1.29 is 23.8 Å². The molecule has 104 valence electrons. The highest BCUT2D eigenvalue weighted by Crippen LogP contribution is 2.25. The van der Waals surface area contributed by atoms with E-state index in [0.717, 1.165) is 0 Å². The molecule has 0 bridgehead atoms. The van der Waals surface area contributed by atoms with Crippen LogP contribution in [0.15, 0.2) is 18.2 Å². The van der Waals surface area contributed by atoms with E-state index in [-0.39, 0.29) is 17.9 Å². The Morgan fingerprint density at radius 3 is 2.53 bits per heavy atom. The summed E-state index contributed by atoms with van der Waals surface area (Å²) >= 11 is 0. The molecule has 6 heteroatoms. The van der Waals surface area contributed by atoms with Crippen LogP contribution in [0, 0.1) is 0 Å². The van der Waals surface area contributed by atoms with Gasteiger partial charge in [0, 0.05) is 5.69 Å². The standard InChI is InChI=1S/C13H17NO5/c1-3-17-10-7-5-6-9(14)12(10)13(16)19-8-11(15)18-4-2/h5-7H,3-4,8,14H2,1-2H3. The van der Waals surface area contributed by atoms with Gasteiger partial charge < -0.3 is 19.9 Å². The number of anilines is 1. The van der Waals surface area contributed by atoms with E-state index in [0.29, 0.717) is 12.4 Å². The van der Waals surface area contributed by atoms with Crippen LogP contribution in [-0.2, 0) is 14.3 Å². The lowest BCUT2D eigenvalue weighted by Gasteiger charge is -2.11. The SMILES string of the molecule is CCOC(=O)COC(=O)c1c(N)cccc1OCC. The Labute approximate surface area is 111 Å². The van der Waals surface area contributed by atoms with Gasteiger partial charge in [0.25, 0.3) is 0 Å². The lowest BCUT2D eigenvalue weighted by molar-refractivity contribution is -0.146. The molecular formula is C13H17NO5. The minimum atomic E-state index is -0.713. The number of benzene rings is 1. The number of esters is 2. The lowest BCUT2D eigenvalue weighted by atomic mass is 10.1. The van der Waals surface area contributed by atoms with Crippen LogP contribution in [0.25, 0.3) is 0 Å². The zero-order valence-electron chi connectivity index (χ0n) is 11.0. The summed E-state index contributed by atoms with van der Waals surface area (Å²) in [4.78, 5) is 23.0. The second-order valence-corrected chi connectivity index (χ2v) is 3.53. The first-order valence-electron chi connectivity index (χ1n) is 5.94. The molecule has 1 rings (SSSR count). The molecule has 0 atom stereocenters. The number of hydrogen-bond donors (Lipinski definition) is 1. The van der Waals surface area contributed by atoms with E-state index < -0.39 is 18.5 Å². The molecule has 19 heavy (non-hydrogen) atoms. The smallest absolute Gasteiger partial charge is 0.344 e. The average Bonchev–Trinajstić information content (AvgIpc) is 2.37. The van der Waals surface area contributed by atoms with Crippen LogP contribution in [0.3, 0.4) is 0 Å². The maximum Gasteiger partial charge on any atom is 0.344 e. The van der Waals surface area contributed by atoms with E-state index >= 15 is 0 Å². The molecule has 0 saturated heterocycles. The fourth-order valence-electron chi connectivity index (χ4n) is 1.44. The number of carbonyl (C=O) groups excluding carboxylic acids is 2. The second kappa shape index (κ2) is 7.25. The zero-order chi connectivity index (χ0) is 14.3. The Morgan fingerprint density at radius 2 is 1.89 bits per heavy atom. The third kappa shape index (κ3) is 4.17. The summed E-state index contributed by atoms with van der Waals surface area (Å²) in [5, 5.41) is 0. The van der Waals surface area contributed by atoms with Crippen molar-refractivity contribution in [3.8, 4) is 5.75 Å². The van der Waals surface area contributed by atoms with Crippen LogP contribution < -0.4 is 10.5 Å². The predicted octanol–water partition coefficient (Wildman–Crippen LogP) is 1.39. The van der Waals surface area contributed by atoms with Gasteiger partial charge in [0.05, 0.1) is 13.2 Å². The van der Waals surface area contributed by atoms with Gasteiger partial charge >= 0.3 is 11.9 Å². The molecule has 0 amide bonds. The van der Waals surface area contributed by atoms with Crippen LogP contribution in [0.1, 0.15) is 24.2 Å². The third-order valence-corrected chi connectivity index (χ3v) is 2.19. The topological polar surface area (TPSA) is 87.9 Å². The summed E-state index contributed by atoms with van der Waals surface area (Å²) in [6, 6.07) is 4.84. The predicted molar refractivity (Wildman–Crippen MR) is 68.9 cm³/mol. The molecule has 6 nitrogen and oxygen atoms in total. The van der Waals surface area contributed by atoms with Crippen LogP contribution in [0.5, 0.6) is 5.75 Å². The van der Waals surface area contributed by atoms with Crippen LogP contribution in [-0.4, -0.2) is 31.8 Å². The lowest BCUT2D eigenvalue weighted by Crippen LogP contribution is -2.18. The van der Waals surface area contributed by atoms with Crippen molar-refractivity contribution in [1.29, 1.82) is 0 Å². The average molecular weight is 267 g/mol. The van der Waals surface area contributed by atoms with Crippen molar-refractivity contribution in [3.05, 3.63) is 23.8 Å². The number of hydrogen-bond acceptors (Lipinski definition) is 6. The molecule has 0 aromatic heterocycles. The van der Waals surface area contributed by atoms with Crippen molar-refractivity contribution in [3.63, 3.8) is 0 Å². The molecule has 0 saturated carbocycles. The zero-order valence-corrected chi connectivity index (χ0v) is 11.0. The van der Waals surface area contributed by atoms with E-state index in [9.17, 15) is 9.59 Å². The van der Waals surface area contributed by atoms with Gasteiger partial charge in [-0.2, -0.15) is 0 Å². The number of nitrogen functional groups attached to an aromatic ring is 1. The summed E-state index contributed by atoms with van der Waals surface area (Å²) in [6.07, 6.45) is 0. The fourth-order valence-corrected chi connectivity index (χ4v) is 1.44. The van der Waals surface area contributed by atoms with E-state index in [2.05, 4.69) is 4.74 Å². The van der Waals surface area contributed by atoms with E-state index in [4.69, 9.17) is 15.2 Å². The monoisotopic (exact) mass is 267 g/mol. The van der Waals surface area contributed by atoms with Gasteiger partial charge in [-0.25, -0.2) is 9.59 Å². The normalized spacial score (nSPS) is 9.79. The molecule has 0 heterocycles. The number of nitrogens with two attached hydrogens (primary N) is 1. The molecule has 0 fully saturated rings. The van der Waals surface area contributed by atoms with Gasteiger partial charge in [0.1, 0.15) is 11.3 Å². The van der Waals surface area contributed by atoms with Gasteiger partial charge in [-0.15, -0.1) is 0 Å². The molecule has 0 aliphatic carbocycles. The molecular weight excluding hydrogens is 250 g/mol.